The smallest absolute Gasteiger partial charge is 0.408 e. The fourth-order valence-corrected chi connectivity index (χ4v) is 8.30. The number of nitrogens with zero attached hydrogens (tertiary/aromatic N) is 1. The first-order chi connectivity index (χ1) is 23.8. The number of fused-ring (bicyclic) bond motifs is 2. The number of alkyl carbamates (subject to hydrolysis) is 1. The van der Waals surface area contributed by atoms with Crippen LogP contribution in [0.15, 0.2) is 41.3 Å². The summed E-state index contributed by atoms with van der Waals surface area (Å²) in [5.74, 6) is -3.25. The SMILES string of the molecule is CC(C)(C)OC(=O)N[C@H]1CCCCC/C=C\[C@@H]2C[C@@]2(C(=O)NS(=O)(=O)C2CC2)NC(=O)[C@@H]2C[C@@H](NC(=O)c3ccc(S(N)(=O)=O)cc3)CN2C1=O. The van der Waals surface area contributed by atoms with Crippen LogP contribution in [0.4, 0.5) is 4.79 Å². The summed E-state index contributed by atoms with van der Waals surface area (Å²) < 4.78 is 56.3. The molecule has 2 heterocycles. The average Bonchev–Trinajstić information content (AvgIpc) is 3.95. The molecule has 2 aliphatic heterocycles. The van der Waals surface area contributed by atoms with Gasteiger partial charge in [-0.05, 0) is 90.0 Å². The van der Waals surface area contributed by atoms with Crippen molar-refractivity contribution in [1.29, 1.82) is 0 Å². The third-order valence-electron chi connectivity index (χ3n) is 9.35. The third-order valence-corrected chi connectivity index (χ3v) is 12.1. The summed E-state index contributed by atoms with van der Waals surface area (Å²) >= 11 is 0. The lowest BCUT2D eigenvalue weighted by molar-refractivity contribution is -0.141. The summed E-state index contributed by atoms with van der Waals surface area (Å²) in [5, 5.41) is 12.7. The lowest BCUT2D eigenvalue weighted by atomic mass is 10.0. The topological polar surface area (TPSA) is 240 Å². The summed E-state index contributed by atoms with van der Waals surface area (Å²) in [6.45, 7) is 4.91. The highest BCUT2D eigenvalue weighted by molar-refractivity contribution is 7.91. The first-order valence-electron chi connectivity index (χ1n) is 17.1. The summed E-state index contributed by atoms with van der Waals surface area (Å²) in [5.41, 5.74) is -2.31. The second-order valence-corrected chi connectivity index (χ2v) is 18.2. The van der Waals surface area contributed by atoms with E-state index < -0.39 is 90.2 Å². The fourth-order valence-electron chi connectivity index (χ4n) is 6.42. The normalized spacial score (nSPS) is 28.1. The van der Waals surface area contributed by atoms with Gasteiger partial charge in [0.05, 0.1) is 10.1 Å². The maximum atomic E-state index is 14.2. The number of sulfonamides is 2. The lowest BCUT2D eigenvalue weighted by Gasteiger charge is -2.30. The van der Waals surface area contributed by atoms with Crippen LogP contribution in [0, 0.1) is 5.92 Å². The molecule has 6 N–H and O–H groups in total. The van der Waals surface area contributed by atoms with Crippen molar-refractivity contribution in [3.63, 3.8) is 0 Å². The third kappa shape index (κ3) is 9.45. The molecule has 1 aromatic carbocycles. The van der Waals surface area contributed by atoms with Crippen molar-refractivity contribution < 1.29 is 45.5 Å². The molecule has 2 aliphatic carbocycles. The van der Waals surface area contributed by atoms with Crippen molar-refractivity contribution in [2.24, 2.45) is 11.1 Å². The Morgan fingerprint density at radius 3 is 2.29 bits per heavy atom. The quantitative estimate of drug-likeness (QED) is 0.247. The number of nitrogens with one attached hydrogen (secondary N) is 4. The molecule has 4 aliphatic rings. The van der Waals surface area contributed by atoms with Crippen LogP contribution in [0.2, 0.25) is 0 Å². The molecule has 0 bridgehead atoms. The number of amides is 5. The molecule has 3 fully saturated rings. The predicted octanol–water partition coefficient (Wildman–Crippen LogP) is 0.930. The Kier molecular flexibility index (Phi) is 10.9. The first kappa shape index (κ1) is 38.2. The summed E-state index contributed by atoms with van der Waals surface area (Å²) in [6.07, 6.45) is 6.75. The van der Waals surface area contributed by atoms with Crippen molar-refractivity contribution in [1.82, 2.24) is 25.6 Å². The van der Waals surface area contributed by atoms with Gasteiger partial charge in [0.25, 0.3) is 11.8 Å². The first-order valence-corrected chi connectivity index (χ1v) is 20.2. The van der Waals surface area contributed by atoms with E-state index in [4.69, 9.17) is 9.88 Å². The largest absolute Gasteiger partial charge is 0.444 e. The van der Waals surface area contributed by atoms with Gasteiger partial charge >= 0.3 is 6.09 Å². The molecule has 2 saturated carbocycles. The molecular weight excluding hydrogens is 705 g/mol. The number of hydrogen-bond acceptors (Lipinski definition) is 10. The minimum absolute atomic E-state index is 0.0731. The minimum atomic E-state index is -3.99. The van der Waals surface area contributed by atoms with E-state index in [1.54, 1.807) is 26.8 Å². The molecule has 1 saturated heterocycles. The van der Waals surface area contributed by atoms with Gasteiger partial charge in [-0.3, -0.25) is 23.9 Å². The molecule has 0 spiro atoms. The van der Waals surface area contributed by atoms with Crippen molar-refractivity contribution in [3.8, 4) is 0 Å². The van der Waals surface area contributed by atoms with Crippen molar-refractivity contribution in [3.05, 3.63) is 42.0 Å². The van der Waals surface area contributed by atoms with Crippen molar-refractivity contribution >= 4 is 49.8 Å². The summed E-state index contributed by atoms with van der Waals surface area (Å²) in [7, 11) is -7.92. The number of carbonyl (C=O) groups is 5. The lowest BCUT2D eigenvalue weighted by Crippen LogP contribution is -2.58. The van der Waals surface area contributed by atoms with E-state index in [0.29, 0.717) is 32.1 Å². The number of primary sulfonamides is 1. The van der Waals surface area contributed by atoms with Gasteiger partial charge in [0.1, 0.15) is 23.2 Å². The number of allylic oxidation sites excluding steroid dienone is 1. The van der Waals surface area contributed by atoms with Crippen LogP contribution in [0.5, 0.6) is 0 Å². The second-order valence-electron chi connectivity index (χ2n) is 14.7. The number of hydrogen-bond donors (Lipinski definition) is 5. The number of carbonyl (C=O) groups excluding carboxylic acids is 5. The van der Waals surface area contributed by atoms with Crippen LogP contribution >= 0.6 is 0 Å². The predicted molar refractivity (Wildman–Crippen MR) is 184 cm³/mol. The van der Waals surface area contributed by atoms with Crippen LogP contribution in [0.25, 0.3) is 0 Å². The highest BCUT2D eigenvalue weighted by atomic mass is 32.2. The van der Waals surface area contributed by atoms with E-state index in [-0.39, 0.29) is 36.3 Å². The van der Waals surface area contributed by atoms with Gasteiger partial charge < -0.3 is 25.6 Å². The second kappa shape index (κ2) is 14.5. The van der Waals surface area contributed by atoms with Crippen LogP contribution < -0.4 is 25.8 Å². The molecule has 5 amide bonds. The van der Waals surface area contributed by atoms with Gasteiger partial charge in [-0.2, -0.15) is 0 Å². The number of benzene rings is 1. The Morgan fingerprint density at radius 1 is 0.980 bits per heavy atom. The molecule has 5 rings (SSSR count). The van der Waals surface area contributed by atoms with Gasteiger partial charge in [-0.1, -0.05) is 25.0 Å². The van der Waals surface area contributed by atoms with Crippen molar-refractivity contribution in [2.75, 3.05) is 6.54 Å². The molecule has 280 valence electrons. The number of nitrogens with two attached hydrogens (primary N) is 1. The van der Waals surface area contributed by atoms with E-state index in [1.807, 2.05) is 6.08 Å². The van der Waals surface area contributed by atoms with E-state index in [2.05, 4.69) is 20.7 Å². The Morgan fingerprint density at radius 2 is 1.67 bits per heavy atom. The highest BCUT2D eigenvalue weighted by Gasteiger charge is 2.62. The molecule has 0 radical (unpaired) electrons. The molecular formula is C33H46N6O10S2. The minimum Gasteiger partial charge on any atom is -0.444 e. The van der Waals surface area contributed by atoms with Gasteiger partial charge in [0, 0.05) is 24.1 Å². The van der Waals surface area contributed by atoms with Gasteiger partial charge in [0.2, 0.25) is 31.9 Å². The zero-order valence-corrected chi connectivity index (χ0v) is 30.5. The molecule has 1 aromatic rings. The molecule has 0 aromatic heterocycles. The maximum absolute atomic E-state index is 14.2. The zero-order valence-electron chi connectivity index (χ0n) is 28.8. The van der Waals surface area contributed by atoms with Crippen molar-refractivity contribution in [2.45, 2.75) is 118 Å². The molecule has 51 heavy (non-hydrogen) atoms. The fraction of sp³-hybridized carbons (Fsp3) is 0.606. The van der Waals surface area contributed by atoms with E-state index >= 15 is 0 Å². The van der Waals surface area contributed by atoms with E-state index in [1.165, 1.54) is 29.2 Å². The van der Waals surface area contributed by atoms with Gasteiger partial charge in [-0.15, -0.1) is 0 Å². The molecule has 0 unspecified atom stereocenters. The highest BCUT2D eigenvalue weighted by Crippen LogP contribution is 2.46. The number of ether oxygens (including phenoxy) is 1. The Bertz CT molecular complexity index is 1800. The average molecular weight is 751 g/mol. The summed E-state index contributed by atoms with van der Waals surface area (Å²) in [6, 6.07) is 1.86. The number of rotatable bonds is 7. The van der Waals surface area contributed by atoms with Gasteiger partial charge in [-0.25, -0.2) is 26.8 Å². The van der Waals surface area contributed by atoms with E-state index in [0.717, 1.165) is 6.42 Å². The van der Waals surface area contributed by atoms with E-state index in [9.17, 15) is 40.8 Å². The Hall–Kier alpha value is -4.03. The molecule has 18 heteroatoms. The zero-order chi connectivity index (χ0) is 37.4. The molecule has 16 nitrogen and oxygen atoms in total. The Balaban J connectivity index is 1.42. The van der Waals surface area contributed by atoms with Crippen LogP contribution in [-0.2, 0) is 39.2 Å². The summed E-state index contributed by atoms with van der Waals surface area (Å²) in [4.78, 5) is 69.1. The van der Waals surface area contributed by atoms with Crippen LogP contribution in [-0.4, -0.2) is 92.5 Å². The Labute approximate surface area is 297 Å². The monoisotopic (exact) mass is 750 g/mol. The standard InChI is InChI=1S/C33H46N6O10S2/c1-32(2,3)49-31(44)36-25-10-8-6-4-5-7-9-21-18-33(21,30(43)38-51(47,48)24-15-16-24)37-28(41)26-17-22(19-39(26)29(25)42)35-27(40)20-11-13-23(14-12-20)50(34,45)46/h7,9,11-14,21-22,24-26H,4-6,8,10,15-19H2,1-3H3,(H,35,40)(H,36,44)(H,37,41)(H,38,43)(H2,34,45,46)/b9-7-/t21-,22-,25+,26+,33-/m1/s1. The van der Waals surface area contributed by atoms with Crippen LogP contribution in [0.3, 0.4) is 0 Å². The van der Waals surface area contributed by atoms with Crippen LogP contribution in [0.1, 0.15) is 88.9 Å². The maximum Gasteiger partial charge on any atom is 0.408 e. The van der Waals surface area contributed by atoms with Gasteiger partial charge in [0.15, 0.2) is 0 Å². The molecule has 5 atom stereocenters.